The molecule has 0 fully saturated rings. The van der Waals surface area contributed by atoms with Crippen LogP contribution in [0.25, 0.3) is 5.69 Å². The number of rotatable bonds is 2. The number of alkyl halides is 3. The van der Waals surface area contributed by atoms with Gasteiger partial charge in [-0.1, -0.05) is 11.6 Å². The molecule has 0 radical (unpaired) electrons. The first-order chi connectivity index (χ1) is 13.7. The van der Waals surface area contributed by atoms with E-state index in [1.165, 1.54) is 14.1 Å². The van der Waals surface area contributed by atoms with Crippen LogP contribution in [-0.2, 0) is 19.3 Å². The van der Waals surface area contributed by atoms with Crippen LogP contribution in [0.5, 0.6) is 0 Å². The van der Waals surface area contributed by atoms with Gasteiger partial charge in [-0.05, 0) is 48.5 Å². The standard InChI is InChI=1S/C19H14ClF3N4O2/c20-14-5-7-15(8-6-14)27-18(29)26-10-9-25(11-16(26)24-27)17(28)12-1-3-13(4-2-12)19(21,22)23/h1-8H,9-11H2. The number of carbonyl (C=O) groups is 1. The first-order valence-corrected chi connectivity index (χ1v) is 9.03. The molecular formula is C19H14ClF3N4O2. The number of hydrogen-bond donors (Lipinski definition) is 0. The molecule has 0 aliphatic carbocycles. The maximum absolute atomic E-state index is 12.7. The van der Waals surface area contributed by atoms with Gasteiger partial charge in [0, 0.05) is 23.7 Å². The highest BCUT2D eigenvalue weighted by Crippen LogP contribution is 2.29. The number of amides is 1. The maximum atomic E-state index is 12.7. The summed E-state index contributed by atoms with van der Waals surface area (Å²) in [5, 5.41) is 4.83. The molecule has 0 bridgehead atoms. The van der Waals surface area contributed by atoms with Gasteiger partial charge in [-0.25, -0.2) is 4.79 Å². The Hall–Kier alpha value is -3.07. The molecule has 2 heterocycles. The zero-order chi connectivity index (χ0) is 20.8. The number of carbonyl (C=O) groups excluding carboxylic acids is 1. The smallest absolute Gasteiger partial charge is 0.329 e. The van der Waals surface area contributed by atoms with Crippen LogP contribution < -0.4 is 5.69 Å². The van der Waals surface area contributed by atoms with E-state index in [0.717, 1.165) is 24.3 Å². The molecule has 0 saturated heterocycles. The lowest BCUT2D eigenvalue weighted by Crippen LogP contribution is -2.40. The van der Waals surface area contributed by atoms with Gasteiger partial charge in [-0.3, -0.25) is 9.36 Å². The van der Waals surface area contributed by atoms with E-state index < -0.39 is 17.6 Å². The predicted molar refractivity (Wildman–Crippen MR) is 99.0 cm³/mol. The minimum Gasteiger partial charge on any atom is -0.329 e. The summed E-state index contributed by atoms with van der Waals surface area (Å²) in [5.74, 6) is -0.0186. The quantitative estimate of drug-likeness (QED) is 0.636. The molecule has 0 saturated carbocycles. The van der Waals surface area contributed by atoms with E-state index in [2.05, 4.69) is 5.10 Å². The first kappa shape index (κ1) is 19.3. The summed E-state index contributed by atoms with van der Waals surface area (Å²) in [7, 11) is 0. The molecule has 1 aliphatic heterocycles. The Labute approximate surface area is 167 Å². The average Bonchev–Trinajstić information content (AvgIpc) is 3.03. The van der Waals surface area contributed by atoms with Crippen molar-refractivity contribution in [2.24, 2.45) is 0 Å². The second-order valence-electron chi connectivity index (χ2n) is 6.54. The highest BCUT2D eigenvalue weighted by Gasteiger charge is 2.31. The Morgan fingerprint density at radius 2 is 1.66 bits per heavy atom. The average molecular weight is 423 g/mol. The number of aromatic nitrogens is 3. The maximum Gasteiger partial charge on any atom is 0.416 e. The summed E-state index contributed by atoms with van der Waals surface area (Å²) >= 11 is 5.87. The van der Waals surface area contributed by atoms with E-state index in [9.17, 15) is 22.8 Å². The van der Waals surface area contributed by atoms with E-state index in [-0.39, 0.29) is 30.9 Å². The lowest BCUT2D eigenvalue weighted by atomic mass is 10.1. The Morgan fingerprint density at radius 3 is 2.28 bits per heavy atom. The van der Waals surface area contributed by atoms with Crippen LogP contribution in [0.15, 0.2) is 53.3 Å². The second-order valence-corrected chi connectivity index (χ2v) is 6.98. The third-order valence-corrected chi connectivity index (χ3v) is 4.93. The molecule has 0 N–H and O–H groups in total. The SMILES string of the molecule is O=C(c1ccc(C(F)(F)F)cc1)N1CCn2c(nn(-c3ccc(Cl)cc3)c2=O)C1. The van der Waals surface area contributed by atoms with Gasteiger partial charge in [0.15, 0.2) is 5.82 Å². The molecule has 0 spiro atoms. The summed E-state index contributed by atoms with van der Waals surface area (Å²) in [5.41, 5.74) is -0.458. The van der Waals surface area contributed by atoms with Gasteiger partial charge in [-0.15, -0.1) is 5.10 Å². The Morgan fingerprint density at radius 1 is 1.00 bits per heavy atom. The zero-order valence-electron chi connectivity index (χ0n) is 14.9. The van der Waals surface area contributed by atoms with E-state index in [1.54, 1.807) is 24.3 Å². The van der Waals surface area contributed by atoms with E-state index in [0.29, 0.717) is 16.5 Å². The largest absolute Gasteiger partial charge is 0.416 e. The fraction of sp³-hybridized carbons (Fsp3) is 0.211. The minimum absolute atomic E-state index is 0.0791. The van der Waals surface area contributed by atoms with Crippen molar-refractivity contribution < 1.29 is 18.0 Å². The molecule has 1 aromatic heterocycles. The van der Waals surface area contributed by atoms with Crippen LogP contribution in [0, 0.1) is 0 Å². The van der Waals surface area contributed by atoms with Crippen LogP contribution in [0.4, 0.5) is 13.2 Å². The molecule has 2 aromatic carbocycles. The van der Waals surface area contributed by atoms with Crippen LogP contribution in [0.3, 0.4) is 0 Å². The summed E-state index contributed by atoms with van der Waals surface area (Å²) in [6.07, 6.45) is -4.46. The number of nitrogens with zero attached hydrogens (tertiary/aromatic N) is 4. The van der Waals surface area contributed by atoms with Gasteiger partial charge in [0.2, 0.25) is 0 Å². The summed E-state index contributed by atoms with van der Waals surface area (Å²) < 4.78 is 40.8. The highest BCUT2D eigenvalue weighted by molar-refractivity contribution is 6.30. The Kier molecular flexibility index (Phi) is 4.70. The number of fused-ring (bicyclic) bond motifs is 1. The molecular weight excluding hydrogens is 409 g/mol. The van der Waals surface area contributed by atoms with E-state index in [4.69, 9.17) is 11.6 Å². The van der Waals surface area contributed by atoms with Crippen LogP contribution >= 0.6 is 11.6 Å². The molecule has 4 rings (SSSR count). The third kappa shape index (κ3) is 3.65. The van der Waals surface area contributed by atoms with Crippen molar-refractivity contribution in [2.45, 2.75) is 19.3 Å². The summed E-state index contributed by atoms with van der Waals surface area (Å²) in [6.45, 7) is 0.572. The lowest BCUT2D eigenvalue weighted by molar-refractivity contribution is -0.137. The van der Waals surface area contributed by atoms with Crippen LogP contribution in [0.2, 0.25) is 5.02 Å². The highest BCUT2D eigenvalue weighted by atomic mass is 35.5. The molecule has 3 aromatic rings. The topological polar surface area (TPSA) is 60.1 Å². The lowest BCUT2D eigenvalue weighted by Gasteiger charge is -2.26. The molecule has 0 unspecified atom stereocenters. The number of halogens is 4. The second kappa shape index (κ2) is 7.07. The first-order valence-electron chi connectivity index (χ1n) is 8.65. The molecule has 6 nitrogen and oxygen atoms in total. The van der Waals surface area contributed by atoms with Crippen molar-refractivity contribution in [1.29, 1.82) is 0 Å². The van der Waals surface area contributed by atoms with Crippen molar-refractivity contribution >= 4 is 17.5 Å². The molecule has 29 heavy (non-hydrogen) atoms. The van der Waals surface area contributed by atoms with Gasteiger partial charge in [0.05, 0.1) is 17.8 Å². The summed E-state index contributed by atoms with van der Waals surface area (Å²) in [6, 6.07) is 10.7. The Bertz CT molecular complexity index is 1120. The van der Waals surface area contributed by atoms with Gasteiger partial charge in [0.1, 0.15) is 0 Å². The van der Waals surface area contributed by atoms with Gasteiger partial charge in [-0.2, -0.15) is 17.9 Å². The fourth-order valence-corrected chi connectivity index (χ4v) is 3.28. The molecule has 1 amide bonds. The van der Waals surface area contributed by atoms with Crippen molar-refractivity contribution in [3.05, 3.63) is 81.0 Å². The van der Waals surface area contributed by atoms with Crippen molar-refractivity contribution in [3.8, 4) is 5.69 Å². The summed E-state index contributed by atoms with van der Waals surface area (Å²) in [4.78, 5) is 26.7. The third-order valence-electron chi connectivity index (χ3n) is 4.68. The van der Waals surface area contributed by atoms with Crippen molar-refractivity contribution in [1.82, 2.24) is 19.2 Å². The normalized spacial score (nSPS) is 14.0. The van der Waals surface area contributed by atoms with E-state index >= 15 is 0 Å². The monoisotopic (exact) mass is 422 g/mol. The zero-order valence-corrected chi connectivity index (χ0v) is 15.6. The Balaban J connectivity index is 1.57. The fourth-order valence-electron chi connectivity index (χ4n) is 3.16. The van der Waals surface area contributed by atoms with Crippen LogP contribution in [0.1, 0.15) is 21.7 Å². The van der Waals surface area contributed by atoms with Crippen LogP contribution in [-0.4, -0.2) is 31.7 Å². The van der Waals surface area contributed by atoms with Gasteiger partial charge in [0.25, 0.3) is 5.91 Å². The molecule has 1 aliphatic rings. The predicted octanol–water partition coefficient (Wildman–Crippen LogP) is 3.36. The van der Waals surface area contributed by atoms with Gasteiger partial charge < -0.3 is 4.90 Å². The van der Waals surface area contributed by atoms with Gasteiger partial charge >= 0.3 is 11.9 Å². The molecule has 0 atom stereocenters. The molecule has 10 heteroatoms. The van der Waals surface area contributed by atoms with Crippen molar-refractivity contribution in [3.63, 3.8) is 0 Å². The molecule has 150 valence electrons. The van der Waals surface area contributed by atoms with E-state index in [1.807, 2.05) is 0 Å². The number of benzene rings is 2. The minimum atomic E-state index is -4.46. The number of hydrogen-bond acceptors (Lipinski definition) is 3. The van der Waals surface area contributed by atoms with Crippen molar-refractivity contribution in [2.75, 3.05) is 6.54 Å².